The minimum Gasteiger partial charge on any atom is -0.419 e. The third kappa shape index (κ3) is 3.77. The standard InChI is InChI=1S/C20H21N5O3/c1-13-9-22-17(10-21-13)19-24-23-18(28-19)16-7-8-25(11-16)20(26)15-5-3-14(4-6-15)12-27-2/h3-6,9-10,16H,7-8,11-12H2,1-2H3/t16-/m0/s1. The van der Waals surface area contributed by atoms with Crippen LogP contribution in [0.15, 0.2) is 41.1 Å². The van der Waals surface area contributed by atoms with Gasteiger partial charge in [-0.15, -0.1) is 10.2 Å². The molecule has 1 atom stereocenters. The van der Waals surface area contributed by atoms with Crippen LogP contribution in [-0.2, 0) is 11.3 Å². The Labute approximate surface area is 162 Å². The number of hydrogen-bond donors (Lipinski definition) is 0. The van der Waals surface area contributed by atoms with E-state index in [2.05, 4.69) is 20.2 Å². The smallest absolute Gasteiger partial charge is 0.267 e. The van der Waals surface area contributed by atoms with Crippen molar-refractivity contribution in [3.05, 3.63) is 59.4 Å². The van der Waals surface area contributed by atoms with Crippen LogP contribution in [0.25, 0.3) is 11.6 Å². The van der Waals surface area contributed by atoms with Crippen LogP contribution in [-0.4, -0.2) is 51.2 Å². The summed E-state index contributed by atoms with van der Waals surface area (Å²) in [6, 6.07) is 7.50. The quantitative estimate of drug-likeness (QED) is 0.672. The van der Waals surface area contributed by atoms with Gasteiger partial charge in [0.25, 0.3) is 11.8 Å². The summed E-state index contributed by atoms with van der Waals surface area (Å²) in [6.45, 7) is 3.61. The van der Waals surface area contributed by atoms with Gasteiger partial charge in [0.15, 0.2) is 0 Å². The molecule has 1 saturated heterocycles. The molecule has 3 heterocycles. The SMILES string of the molecule is COCc1ccc(C(=O)N2CC[C@H](c3nnc(-c4cnc(C)cn4)o3)C2)cc1. The number of hydrogen-bond acceptors (Lipinski definition) is 7. The maximum Gasteiger partial charge on any atom is 0.267 e. The van der Waals surface area contributed by atoms with Crippen molar-refractivity contribution in [3.8, 4) is 11.6 Å². The van der Waals surface area contributed by atoms with Crippen molar-refractivity contribution in [2.45, 2.75) is 25.9 Å². The first kappa shape index (κ1) is 18.2. The van der Waals surface area contributed by atoms with Crippen molar-refractivity contribution in [3.63, 3.8) is 0 Å². The lowest BCUT2D eigenvalue weighted by molar-refractivity contribution is 0.0790. The van der Waals surface area contributed by atoms with Crippen molar-refractivity contribution >= 4 is 5.91 Å². The highest BCUT2D eigenvalue weighted by Gasteiger charge is 2.31. The average Bonchev–Trinajstić information content (AvgIpc) is 3.39. The van der Waals surface area contributed by atoms with E-state index in [1.54, 1.807) is 19.5 Å². The molecule has 8 heteroatoms. The van der Waals surface area contributed by atoms with Crippen molar-refractivity contribution in [1.29, 1.82) is 0 Å². The van der Waals surface area contributed by atoms with Crippen molar-refractivity contribution in [1.82, 2.24) is 25.1 Å². The van der Waals surface area contributed by atoms with Gasteiger partial charge in [0.05, 0.1) is 24.4 Å². The molecule has 28 heavy (non-hydrogen) atoms. The van der Waals surface area contributed by atoms with E-state index in [9.17, 15) is 4.79 Å². The molecular formula is C20H21N5O3. The zero-order valence-corrected chi connectivity index (χ0v) is 15.8. The number of benzene rings is 1. The van der Waals surface area contributed by atoms with E-state index in [4.69, 9.17) is 9.15 Å². The zero-order valence-electron chi connectivity index (χ0n) is 15.8. The van der Waals surface area contributed by atoms with E-state index >= 15 is 0 Å². The molecular weight excluding hydrogens is 358 g/mol. The molecule has 3 aromatic rings. The third-order valence-electron chi connectivity index (χ3n) is 4.78. The van der Waals surface area contributed by atoms with Crippen molar-refractivity contribution in [2.75, 3.05) is 20.2 Å². The number of aromatic nitrogens is 4. The third-order valence-corrected chi connectivity index (χ3v) is 4.78. The van der Waals surface area contributed by atoms with Crippen LogP contribution in [0.3, 0.4) is 0 Å². The lowest BCUT2D eigenvalue weighted by Gasteiger charge is -2.16. The summed E-state index contributed by atoms with van der Waals surface area (Å²) >= 11 is 0. The Morgan fingerprint density at radius 1 is 1.21 bits per heavy atom. The Bertz CT molecular complexity index is 953. The van der Waals surface area contributed by atoms with Gasteiger partial charge in [-0.25, -0.2) is 4.98 Å². The molecule has 0 spiro atoms. The molecule has 0 bridgehead atoms. The van der Waals surface area contributed by atoms with Gasteiger partial charge in [-0.3, -0.25) is 9.78 Å². The Hall–Kier alpha value is -3.13. The monoisotopic (exact) mass is 379 g/mol. The van der Waals surface area contributed by atoms with Gasteiger partial charge >= 0.3 is 0 Å². The van der Waals surface area contributed by atoms with E-state index in [0.717, 1.165) is 17.7 Å². The van der Waals surface area contributed by atoms with Crippen LogP contribution >= 0.6 is 0 Å². The number of rotatable bonds is 5. The fourth-order valence-corrected chi connectivity index (χ4v) is 3.25. The highest BCUT2D eigenvalue weighted by atomic mass is 16.5. The van der Waals surface area contributed by atoms with Crippen molar-refractivity contribution in [2.24, 2.45) is 0 Å². The number of nitrogens with zero attached hydrogens (tertiary/aromatic N) is 5. The lowest BCUT2D eigenvalue weighted by atomic mass is 10.1. The molecule has 1 fully saturated rings. The van der Waals surface area contributed by atoms with E-state index in [-0.39, 0.29) is 11.8 Å². The highest BCUT2D eigenvalue weighted by molar-refractivity contribution is 5.94. The fraction of sp³-hybridized carbons (Fsp3) is 0.350. The van der Waals surface area contributed by atoms with Crippen LogP contribution in [0, 0.1) is 6.92 Å². The topological polar surface area (TPSA) is 94.2 Å². The molecule has 4 rings (SSSR count). The largest absolute Gasteiger partial charge is 0.419 e. The molecule has 0 unspecified atom stereocenters. The maximum atomic E-state index is 12.8. The molecule has 2 aromatic heterocycles. The fourth-order valence-electron chi connectivity index (χ4n) is 3.25. The van der Waals surface area contributed by atoms with Crippen molar-refractivity contribution < 1.29 is 13.9 Å². The van der Waals surface area contributed by atoms with E-state index in [0.29, 0.717) is 42.7 Å². The minimum atomic E-state index is 0.00982. The predicted octanol–water partition coefficient (Wildman–Crippen LogP) is 2.61. The van der Waals surface area contributed by atoms with Gasteiger partial charge in [-0.2, -0.15) is 0 Å². The zero-order chi connectivity index (χ0) is 19.5. The summed E-state index contributed by atoms with van der Waals surface area (Å²) in [7, 11) is 1.65. The number of ether oxygens (including phenoxy) is 1. The molecule has 0 saturated carbocycles. The minimum absolute atomic E-state index is 0.00982. The summed E-state index contributed by atoms with van der Waals surface area (Å²) in [4.78, 5) is 23.0. The number of carbonyl (C=O) groups is 1. The van der Waals surface area contributed by atoms with Gasteiger partial charge in [0.2, 0.25) is 5.89 Å². The van der Waals surface area contributed by atoms with Crippen LogP contribution < -0.4 is 0 Å². The van der Waals surface area contributed by atoms with E-state index in [1.165, 1.54) is 0 Å². The maximum absolute atomic E-state index is 12.8. The second kappa shape index (κ2) is 7.85. The van der Waals surface area contributed by atoms with Crippen LogP contribution in [0.1, 0.15) is 39.8 Å². The number of likely N-dealkylation sites (tertiary alicyclic amines) is 1. The van der Waals surface area contributed by atoms with Crippen LogP contribution in [0.5, 0.6) is 0 Å². The van der Waals surface area contributed by atoms with E-state index < -0.39 is 0 Å². The molecule has 144 valence electrons. The lowest BCUT2D eigenvalue weighted by Crippen LogP contribution is -2.28. The summed E-state index contributed by atoms with van der Waals surface area (Å²) in [5, 5.41) is 8.24. The Morgan fingerprint density at radius 2 is 2.04 bits per heavy atom. The Kier molecular flexibility index (Phi) is 5.12. The second-order valence-electron chi connectivity index (χ2n) is 6.86. The Balaban J connectivity index is 1.42. The molecule has 0 radical (unpaired) electrons. The van der Waals surface area contributed by atoms with E-state index in [1.807, 2.05) is 36.1 Å². The first-order valence-electron chi connectivity index (χ1n) is 9.13. The van der Waals surface area contributed by atoms with Gasteiger partial charge in [0.1, 0.15) is 5.69 Å². The first-order valence-corrected chi connectivity index (χ1v) is 9.13. The number of methoxy groups -OCH3 is 1. The van der Waals surface area contributed by atoms with Crippen LogP contribution in [0.4, 0.5) is 0 Å². The van der Waals surface area contributed by atoms with Gasteiger partial charge in [-0.05, 0) is 31.0 Å². The molecule has 1 amide bonds. The van der Waals surface area contributed by atoms with Gasteiger partial charge < -0.3 is 14.1 Å². The Morgan fingerprint density at radius 3 is 2.75 bits per heavy atom. The summed E-state index contributed by atoms with van der Waals surface area (Å²) in [5.74, 6) is 0.913. The molecule has 0 aliphatic carbocycles. The number of amides is 1. The number of aryl methyl sites for hydroxylation is 1. The predicted molar refractivity (Wildman–Crippen MR) is 100 cm³/mol. The molecule has 1 aliphatic heterocycles. The molecule has 8 nitrogen and oxygen atoms in total. The average molecular weight is 379 g/mol. The summed E-state index contributed by atoms with van der Waals surface area (Å²) < 4.78 is 10.9. The highest BCUT2D eigenvalue weighted by Crippen LogP contribution is 2.29. The van der Waals surface area contributed by atoms with Crippen LogP contribution in [0.2, 0.25) is 0 Å². The number of carbonyl (C=O) groups excluding carboxylic acids is 1. The first-order chi connectivity index (χ1) is 13.6. The summed E-state index contributed by atoms with van der Waals surface area (Å²) in [5.41, 5.74) is 3.08. The van der Waals surface area contributed by atoms with Gasteiger partial charge in [0, 0.05) is 32.0 Å². The molecule has 1 aliphatic rings. The van der Waals surface area contributed by atoms with Gasteiger partial charge in [-0.1, -0.05) is 12.1 Å². The molecule has 0 N–H and O–H groups in total. The molecule has 1 aromatic carbocycles. The summed E-state index contributed by atoms with van der Waals surface area (Å²) in [6.07, 6.45) is 4.06. The second-order valence-corrected chi connectivity index (χ2v) is 6.86. The normalized spacial score (nSPS) is 16.5.